The van der Waals surface area contributed by atoms with Crippen molar-refractivity contribution in [2.45, 2.75) is 64.8 Å². The Morgan fingerprint density at radius 3 is 2.45 bits per heavy atom. The zero-order valence-electron chi connectivity index (χ0n) is 13.1. The van der Waals surface area contributed by atoms with E-state index in [0.717, 1.165) is 24.8 Å². The molecule has 1 aliphatic carbocycles. The first-order valence-electron chi connectivity index (χ1n) is 8.45. The van der Waals surface area contributed by atoms with Crippen molar-refractivity contribution in [3.05, 3.63) is 30.1 Å². The molecule has 1 aliphatic rings. The second kappa shape index (κ2) is 8.41. The van der Waals surface area contributed by atoms with Gasteiger partial charge in [0.2, 0.25) is 0 Å². The molecular weight excluding hydrogens is 244 g/mol. The maximum atomic E-state index is 4.13. The molecule has 1 atom stereocenters. The Labute approximate surface area is 124 Å². The first-order valence-corrected chi connectivity index (χ1v) is 8.45. The second-order valence-electron chi connectivity index (χ2n) is 6.31. The number of hydrogen-bond donors (Lipinski definition) is 1. The van der Waals surface area contributed by atoms with Crippen LogP contribution in [-0.2, 0) is 6.42 Å². The average molecular weight is 274 g/mol. The summed E-state index contributed by atoms with van der Waals surface area (Å²) in [5.41, 5.74) is 1.42. The van der Waals surface area contributed by atoms with Gasteiger partial charge in [-0.1, -0.05) is 33.1 Å². The third-order valence-corrected chi connectivity index (χ3v) is 4.90. The van der Waals surface area contributed by atoms with E-state index in [0.29, 0.717) is 6.04 Å². The lowest BCUT2D eigenvalue weighted by Crippen LogP contribution is -2.40. The molecule has 1 fully saturated rings. The predicted molar refractivity (Wildman–Crippen MR) is 85.8 cm³/mol. The van der Waals surface area contributed by atoms with Gasteiger partial charge in [-0.3, -0.25) is 4.98 Å². The van der Waals surface area contributed by atoms with Gasteiger partial charge < -0.3 is 5.32 Å². The molecule has 2 nitrogen and oxygen atoms in total. The smallest absolute Gasteiger partial charge is 0.0270 e. The highest BCUT2D eigenvalue weighted by molar-refractivity contribution is 5.12. The van der Waals surface area contributed by atoms with Crippen LogP contribution in [0.4, 0.5) is 0 Å². The first kappa shape index (κ1) is 15.5. The topological polar surface area (TPSA) is 24.9 Å². The van der Waals surface area contributed by atoms with Gasteiger partial charge in [-0.05, 0) is 61.8 Å². The van der Waals surface area contributed by atoms with Crippen molar-refractivity contribution in [3.8, 4) is 0 Å². The molecule has 0 aromatic carbocycles. The Kier molecular flexibility index (Phi) is 6.52. The normalized spacial score (nSPS) is 24.5. The van der Waals surface area contributed by atoms with Gasteiger partial charge in [-0.15, -0.1) is 0 Å². The molecule has 1 heterocycles. The minimum atomic E-state index is 0.648. The molecule has 0 aliphatic heterocycles. The molecule has 2 heteroatoms. The molecule has 0 amide bonds. The Morgan fingerprint density at radius 1 is 1.15 bits per heavy atom. The molecule has 0 radical (unpaired) electrons. The SMILES string of the molecule is CCCNC(Cc1ccncc1)C1CCC(CC)CC1. The highest BCUT2D eigenvalue weighted by Crippen LogP contribution is 2.33. The van der Waals surface area contributed by atoms with Crippen LogP contribution >= 0.6 is 0 Å². The van der Waals surface area contributed by atoms with Crippen LogP contribution in [0, 0.1) is 11.8 Å². The number of pyridine rings is 1. The molecule has 1 N–H and O–H groups in total. The number of rotatable bonds is 7. The molecule has 1 saturated carbocycles. The lowest BCUT2D eigenvalue weighted by atomic mass is 9.76. The van der Waals surface area contributed by atoms with E-state index in [9.17, 15) is 0 Å². The van der Waals surface area contributed by atoms with E-state index in [-0.39, 0.29) is 0 Å². The molecule has 20 heavy (non-hydrogen) atoms. The molecule has 1 aromatic heterocycles. The number of hydrogen-bond acceptors (Lipinski definition) is 2. The lowest BCUT2D eigenvalue weighted by Gasteiger charge is -2.34. The molecule has 1 unspecified atom stereocenters. The minimum Gasteiger partial charge on any atom is -0.313 e. The van der Waals surface area contributed by atoms with E-state index in [1.807, 2.05) is 12.4 Å². The summed E-state index contributed by atoms with van der Waals surface area (Å²) in [4.78, 5) is 4.13. The monoisotopic (exact) mass is 274 g/mol. The molecule has 0 saturated heterocycles. The number of nitrogens with zero attached hydrogens (tertiary/aromatic N) is 1. The summed E-state index contributed by atoms with van der Waals surface area (Å²) in [5.74, 6) is 1.84. The molecular formula is C18H30N2. The van der Waals surface area contributed by atoms with Crippen molar-refractivity contribution in [1.29, 1.82) is 0 Å². The van der Waals surface area contributed by atoms with Crippen molar-refractivity contribution < 1.29 is 0 Å². The fraction of sp³-hybridized carbons (Fsp3) is 0.722. The highest BCUT2D eigenvalue weighted by atomic mass is 14.9. The van der Waals surface area contributed by atoms with Crippen LogP contribution in [-0.4, -0.2) is 17.6 Å². The van der Waals surface area contributed by atoms with Crippen molar-refractivity contribution in [2.75, 3.05) is 6.54 Å². The van der Waals surface area contributed by atoms with Crippen molar-refractivity contribution in [2.24, 2.45) is 11.8 Å². The van der Waals surface area contributed by atoms with E-state index >= 15 is 0 Å². The van der Waals surface area contributed by atoms with Crippen molar-refractivity contribution in [1.82, 2.24) is 10.3 Å². The maximum absolute atomic E-state index is 4.13. The molecule has 2 rings (SSSR count). The zero-order valence-corrected chi connectivity index (χ0v) is 13.1. The summed E-state index contributed by atoms with van der Waals surface area (Å²) < 4.78 is 0. The van der Waals surface area contributed by atoms with E-state index in [1.165, 1.54) is 44.1 Å². The van der Waals surface area contributed by atoms with Crippen LogP contribution in [0.1, 0.15) is 57.9 Å². The lowest BCUT2D eigenvalue weighted by molar-refractivity contribution is 0.216. The van der Waals surface area contributed by atoms with Gasteiger partial charge in [0.25, 0.3) is 0 Å². The van der Waals surface area contributed by atoms with Crippen LogP contribution in [0.5, 0.6) is 0 Å². The van der Waals surface area contributed by atoms with Crippen LogP contribution < -0.4 is 5.32 Å². The van der Waals surface area contributed by atoms with Gasteiger partial charge in [0.15, 0.2) is 0 Å². The predicted octanol–water partition coefficient (Wildman–Crippen LogP) is 4.21. The fourth-order valence-corrected chi connectivity index (χ4v) is 3.51. The summed E-state index contributed by atoms with van der Waals surface area (Å²) in [5, 5.41) is 3.80. The first-order chi connectivity index (χ1) is 9.83. The van der Waals surface area contributed by atoms with Crippen molar-refractivity contribution in [3.63, 3.8) is 0 Å². The third kappa shape index (κ3) is 4.59. The standard InChI is InChI=1S/C18H30N2/c1-3-11-20-18(14-16-9-12-19-13-10-16)17-7-5-15(4-2)6-8-17/h9-10,12-13,15,17-18,20H,3-8,11,14H2,1-2H3. The largest absolute Gasteiger partial charge is 0.313 e. The minimum absolute atomic E-state index is 0.648. The maximum Gasteiger partial charge on any atom is 0.0270 e. The summed E-state index contributed by atoms with van der Waals surface area (Å²) in [6.45, 7) is 5.74. The summed E-state index contributed by atoms with van der Waals surface area (Å²) >= 11 is 0. The van der Waals surface area contributed by atoms with E-state index in [4.69, 9.17) is 0 Å². The average Bonchev–Trinajstić information content (AvgIpc) is 2.52. The number of aromatic nitrogens is 1. The third-order valence-electron chi connectivity index (χ3n) is 4.90. The number of nitrogens with one attached hydrogen (secondary N) is 1. The summed E-state index contributed by atoms with van der Waals surface area (Å²) in [6.07, 6.45) is 13.3. The Morgan fingerprint density at radius 2 is 1.85 bits per heavy atom. The second-order valence-corrected chi connectivity index (χ2v) is 6.31. The van der Waals surface area contributed by atoms with Crippen LogP contribution in [0.3, 0.4) is 0 Å². The van der Waals surface area contributed by atoms with Crippen molar-refractivity contribution >= 4 is 0 Å². The van der Waals surface area contributed by atoms with E-state index < -0.39 is 0 Å². The van der Waals surface area contributed by atoms with E-state index in [2.05, 4.69) is 36.3 Å². The van der Waals surface area contributed by atoms with Gasteiger partial charge >= 0.3 is 0 Å². The highest BCUT2D eigenvalue weighted by Gasteiger charge is 2.26. The van der Waals surface area contributed by atoms with Crippen LogP contribution in [0.2, 0.25) is 0 Å². The van der Waals surface area contributed by atoms with E-state index in [1.54, 1.807) is 0 Å². The quantitative estimate of drug-likeness (QED) is 0.805. The Bertz CT molecular complexity index is 355. The summed E-state index contributed by atoms with van der Waals surface area (Å²) in [6, 6.07) is 4.98. The van der Waals surface area contributed by atoms with Gasteiger partial charge in [-0.25, -0.2) is 0 Å². The Hall–Kier alpha value is -0.890. The fourth-order valence-electron chi connectivity index (χ4n) is 3.51. The molecule has 1 aromatic rings. The van der Waals surface area contributed by atoms with Crippen LogP contribution in [0.15, 0.2) is 24.5 Å². The van der Waals surface area contributed by atoms with Gasteiger partial charge in [0.05, 0.1) is 0 Å². The summed E-state index contributed by atoms with van der Waals surface area (Å²) in [7, 11) is 0. The van der Waals surface area contributed by atoms with Crippen LogP contribution in [0.25, 0.3) is 0 Å². The van der Waals surface area contributed by atoms with Gasteiger partial charge in [0.1, 0.15) is 0 Å². The van der Waals surface area contributed by atoms with Gasteiger partial charge in [-0.2, -0.15) is 0 Å². The van der Waals surface area contributed by atoms with Gasteiger partial charge in [0, 0.05) is 18.4 Å². The molecule has 112 valence electrons. The zero-order chi connectivity index (χ0) is 14.2. The molecule has 0 spiro atoms. The Balaban J connectivity index is 1.93. The molecule has 0 bridgehead atoms.